The Bertz CT molecular complexity index is 4540. The minimum Gasteiger partial charge on any atom is -0.310 e. The molecule has 0 N–H and O–H groups in total. The van der Waals surface area contributed by atoms with Crippen molar-refractivity contribution in [2.45, 2.75) is 43.9 Å². The third kappa shape index (κ3) is 8.58. The predicted molar refractivity (Wildman–Crippen MR) is 363 cm³/mol. The highest BCUT2D eigenvalue weighted by molar-refractivity contribution is 7.00. The largest absolute Gasteiger partial charge is 0.310 e. The molecule has 0 unspecified atom stereocenters. The Morgan fingerprint density at radius 3 is 1.13 bits per heavy atom. The molecule has 1 aliphatic rings. The van der Waals surface area contributed by atoms with Gasteiger partial charge in [0.25, 0.3) is 0 Å². The lowest BCUT2D eigenvalue weighted by molar-refractivity contribution is 0.963. The van der Waals surface area contributed by atoms with Crippen LogP contribution in [0, 0.1) is 0 Å². The van der Waals surface area contributed by atoms with Gasteiger partial charge in [-0.1, -0.05) is 276 Å². The topological polar surface area (TPSA) is 6.48 Å². The van der Waals surface area contributed by atoms with Gasteiger partial charge in [0.1, 0.15) is 0 Å². The van der Waals surface area contributed by atoms with Crippen molar-refractivity contribution >= 4 is 82.6 Å². The quantitative estimate of drug-likeness (QED) is 0.0889. The summed E-state index contributed by atoms with van der Waals surface area (Å²) in [5.41, 5.74) is 22.1. The van der Waals surface area contributed by atoms with Crippen LogP contribution in [-0.2, 0) is 4.66 Å². The molecule has 14 rings (SSSR count). The number of fused-ring (bicyclic) bond motifs is 10. The summed E-state index contributed by atoms with van der Waals surface area (Å²) in [6.07, 6.45) is 0. The molecule has 0 radical (unpaired) electrons. The fourth-order valence-electron chi connectivity index (χ4n) is 14.7. The van der Waals surface area contributed by atoms with Crippen molar-refractivity contribution in [2.24, 2.45) is 0 Å². The van der Waals surface area contributed by atoms with Crippen molar-refractivity contribution in [2.75, 3.05) is 9.80 Å². The molecule has 0 aromatic heterocycles. The van der Waals surface area contributed by atoms with E-state index in [1.807, 2.05) is 0 Å². The lowest BCUT2D eigenvalue weighted by Crippen LogP contribution is -2.63. The molecule has 13 aromatic rings. The molecule has 0 fully saturated rings. The standard InChI is InChI=1S/C79H66N2Si2/c1-82(2,3)79(83(4,5)6)72-54-75(81(62-39-23-12-24-40-62)74-52-60(56-31-15-8-16-32-56)46-49-65(74)58-35-19-10-20-36-58)67-42-26-28-44-69(67)76(72)77-68-43-27-25-41-66(68)71-53-63(47-50-70(71)78(77)79)80(61-37-21-11-22-38-61)73-51-59(55-29-13-7-14-30-55)45-48-64(73)57-33-17-9-18-34-57/h7-54H,1-6H3. The third-order valence-corrected chi connectivity index (χ3v) is 27.7. The maximum Gasteiger partial charge on any atom is 0.0579 e. The number of para-hydroxylation sites is 2. The monoisotopic (exact) mass is 1100 g/mol. The molecule has 0 atom stereocenters. The fraction of sp³-hybridized carbons (Fsp3) is 0.0886. The first-order chi connectivity index (χ1) is 40.5. The SMILES string of the molecule is C[Si](C)(C)C1([Si](C)(C)C)c2cc(N(c3ccccc3)c3cc(-c4ccccc4)ccc3-c3ccccc3)c3ccccc3c2-c2c1c1ccc(N(c3ccccc3)c3cc(-c4ccccc4)ccc3-c3ccccc3)cc1c1ccccc21. The van der Waals surface area contributed by atoms with Gasteiger partial charge in [0.05, 0.1) is 33.2 Å². The van der Waals surface area contributed by atoms with E-state index in [0.717, 1.165) is 28.4 Å². The highest BCUT2D eigenvalue weighted by Crippen LogP contribution is 2.65. The molecule has 400 valence electrons. The van der Waals surface area contributed by atoms with Crippen LogP contribution in [0.4, 0.5) is 34.1 Å². The molecule has 0 amide bonds. The van der Waals surface area contributed by atoms with E-state index in [1.165, 1.54) is 105 Å². The fourth-order valence-corrected chi connectivity index (χ4v) is 27.7. The molecule has 83 heavy (non-hydrogen) atoms. The van der Waals surface area contributed by atoms with Crippen molar-refractivity contribution < 1.29 is 0 Å². The van der Waals surface area contributed by atoms with E-state index < -0.39 is 16.1 Å². The normalized spacial score (nSPS) is 12.8. The minimum atomic E-state index is -2.33. The average Bonchev–Trinajstić information content (AvgIpc) is 1.94. The zero-order valence-electron chi connectivity index (χ0n) is 48.1. The van der Waals surface area contributed by atoms with Crippen LogP contribution in [0.25, 0.3) is 88.0 Å². The summed E-state index contributed by atoms with van der Waals surface area (Å²) in [7, 11) is -4.66. The van der Waals surface area contributed by atoms with E-state index in [-0.39, 0.29) is 4.66 Å². The Hall–Kier alpha value is -9.33. The molecule has 0 bridgehead atoms. The maximum atomic E-state index is 2.70. The van der Waals surface area contributed by atoms with Crippen LogP contribution in [0.3, 0.4) is 0 Å². The summed E-state index contributed by atoms with van der Waals surface area (Å²) in [4.78, 5) is 5.10. The molecule has 2 nitrogen and oxygen atoms in total. The Morgan fingerprint density at radius 2 is 0.651 bits per heavy atom. The van der Waals surface area contributed by atoms with Crippen molar-refractivity contribution in [3.05, 3.63) is 302 Å². The van der Waals surface area contributed by atoms with Gasteiger partial charge in [0.15, 0.2) is 0 Å². The van der Waals surface area contributed by atoms with Gasteiger partial charge < -0.3 is 9.80 Å². The summed E-state index contributed by atoms with van der Waals surface area (Å²) < 4.78 is -0.243. The first-order valence-electron chi connectivity index (χ1n) is 29.3. The summed E-state index contributed by atoms with van der Waals surface area (Å²) in [6, 6.07) is 109. The van der Waals surface area contributed by atoms with E-state index in [2.05, 4.69) is 340 Å². The van der Waals surface area contributed by atoms with Crippen LogP contribution < -0.4 is 9.80 Å². The summed E-state index contributed by atoms with van der Waals surface area (Å²) in [5, 5.41) is 7.75. The zero-order valence-corrected chi connectivity index (χ0v) is 50.1. The summed E-state index contributed by atoms with van der Waals surface area (Å²) in [5.74, 6) is 0. The number of anilines is 6. The van der Waals surface area contributed by atoms with E-state index in [0.29, 0.717) is 0 Å². The number of nitrogens with zero attached hydrogens (tertiary/aromatic N) is 2. The van der Waals surface area contributed by atoms with Crippen LogP contribution in [0.5, 0.6) is 0 Å². The van der Waals surface area contributed by atoms with Gasteiger partial charge in [-0.2, -0.15) is 0 Å². The first kappa shape index (κ1) is 51.8. The molecule has 0 saturated heterocycles. The Kier molecular flexibility index (Phi) is 12.8. The van der Waals surface area contributed by atoms with Crippen LogP contribution >= 0.6 is 0 Å². The molecule has 0 aliphatic heterocycles. The van der Waals surface area contributed by atoms with E-state index in [4.69, 9.17) is 0 Å². The van der Waals surface area contributed by atoms with Crippen molar-refractivity contribution in [3.63, 3.8) is 0 Å². The van der Waals surface area contributed by atoms with Gasteiger partial charge >= 0.3 is 0 Å². The smallest absolute Gasteiger partial charge is 0.0579 e. The van der Waals surface area contributed by atoms with Crippen LogP contribution in [0.2, 0.25) is 39.3 Å². The molecule has 4 heteroatoms. The van der Waals surface area contributed by atoms with Gasteiger partial charge in [0.2, 0.25) is 0 Å². The minimum absolute atomic E-state index is 0.243. The second kappa shape index (κ2) is 20.6. The second-order valence-corrected chi connectivity index (χ2v) is 35.4. The van der Waals surface area contributed by atoms with Gasteiger partial charge in [-0.25, -0.2) is 0 Å². The summed E-state index contributed by atoms with van der Waals surface area (Å²) in [6.45, 7) is 16.0. The number of rotatable bonds is 12. The van der Waals surface area contributed by atoms with Crippen LogP contribution in [0.1, 0.15) is 11.1 Å². The predicted octanol–water partition coefficient (Wildman–Crippen LogP) is 22.8. The Balaban J connectivity index is 1.08. The highest BCUT2D eigenvalue weighted by Gasteiger charge is 2.60. The lowest BCUT2D eigenvalue weighted by atomic mass is 9.89. The van der Waals surface area contributed by atoms with Gasteiger partial charge in [-0.05, 0) is 137 Å². The van der Waals surface area contributed by atoms with Crippen LogP contribution in [0.15, 0.2) is 291 Å². The average molecular weight is 1100 g/mol. The van der Waals surface area contributed by atoms with Gasteiger partial charge in [-0.15, -0.1) is 0 Å². The Morgan fingerprint density at radius 1 is 0.253 bits per heavy atom. The van der Waals surface area contributed by atoms with Crippen molar-refractivity contribution in [3.8, 4) is 55.6 Å². The van der Waals surface area contributed by atoms with Gasteiger partial charge in [-0.3, -0.25) is 0 Å². The van der Waals surface area contributed by atoms with Crippen molar-refractivity contribution in [1.82, 2.24) is 0 Å². The second-order valence-electron chi connectivity index (χ2n) is 24.4. The summed E-state index contributed by atoms with van der Waals surface area (Å²) >= 11 is 0. The molecular weight excluding hydrogens is 1030 g/mol. The van der Waals surface area contributed by atoms with Crippen molar-refractivity contribution in [1.29, 1.82) is 0 Å². The van der Waals surface area contributed by atoms with Gasteiger partial charge in [0, 0.05) is 38.2 Å². The zero-order chi connectivity index (χ0) is 56.5. The molecular formula is C79H66N2Si2. The highest BCUT2D eigenvalue weighted by atomic mass is 28.4. The van der Waals surface area contributed by atoms with E-state index in [1.54, 1.807) is 0 Å². The van der Waals surface area contributed by atoms with E-state index in [9.17, 15) is 0 Å². The first-order valence-corrected chi connectivity index (χ1v) is 36.3. The lowest BCUT2D eigenvalue weighted by Gasteiger charge is -2.52. The van der Waals surface area contributed by atoms with Crippen LogP contribution in [-0.4, -0.2) is 16.1 Å². The molecule has 1 aliphatic carbocycles. The molecule has 0 spiro atoms. The number of hydrogen-bond donors (Lipinski definition) is 0. The Labute approximate surface area is 491 Å². The van der Waals surface area contributed by atoms with E-state index >= 15 is 0 Å². The molecule has 0 saturated carbocycles. The third-order valence-electron chi connectivity index (χ3n) is 17.7. The molecule has 13 aromatic carbocycles. The maximum absolute atomic E-state index is 2.70. The molecule has 0 heterocycles. The number of hydrogen-bond acceptors (Lipinski definition) is 2. The number of benzene rings is 13.